The molecule has 1 rings (SSSR count). The van der Waals surface area contributed by atoms with Gasteiger partial charge in [-0.2, -0.15) is 0 Å². The van der Waals surface area contributed by atoms with Gasteiger partial charge in [0.15, 0.2) is 7.85 Å². The van der Waals surface area contributed by atoms with Crippen LogP contribution in [0.15, 0.2) is 24.3 Å². The lowest BCUT2D eigenvalue weighted by atomic mass is 10.0. The number of carbonyl (C=O) groups excluding carboxylic acids is 6. The Bertz CT molecular complexity index is 959. The number of nitrogens with two attached hydrogens (primary N) is 1. The van der Waals surface area contributed by atoms with Crippen LogP contribution in [0, 0.1) is 5.92 Å². The van der Waals surface area contributed by atoms with Crippen molar-refractivity contribution >= 4 is 64.8 Å². The third-order valence-corrected chi connectivity index (χ3v) is 5.34. The summed E-state index contributed by atoms with van der Waals surface area (Å²) < 4.78 is 0. The zero-order chi connectivity index (χ0) is 27.3. The molecule has 1 unspecified atom stereocenters. The first-order valence-corrected chi connectivity index (χ1v) is 12.2. The molecule has 7 N–H and O–H groups in total. The summed E-state index contributed by atoms with van der Waals surface area (Å²) in [6.07, 6.45) is 0.422. The average Bonchev–Trinajstić information content (AvgIpc) is 2.82. The Morgan fingerprint density at radius 2 is 1.61 bits per heavy atom. The van der Waals surface area contributed by atoms with E-state index >= 15 is 0 Å². The molecule has 12 nitrogen and oxygen atoms in total. The van der Waals surface area contributed by atoms with Crippen LogP contribution in [0.1, 0.15) is 37.0 Å². The van der Waals surface area contributed by atoms with Gasteiger partial charge in [-0.05, 0) is 43.0 Å². The second kappa shape index (κ2) is 15.6. The molecule has 0 heterocycles. The van der Waals surface area contributed by atoms with Gasteiger partial charge in [-0.15, -0.1) is 0 Å². The molecule has 0 spiro atoms. The highest BCUT2D eigenvalue weighted by Gasteiger charge is 2.29. The number of hydrogen-bond acceptors (Lipinski definition) is 6. The molecule has 0 aromatic heterocycles. The molecule has 6 amide bonds. The van der Waals surface area contributed by atoms with Crippen molar-refractivity contribution in [1.82, 2.24) is 21.3 Å². The van der Waals surface area contributed by atoms with Gasteiger partial charge in [-0.3, -0.25) is 19.2 Å². The molecule has 0 fully saturated rings. The maximum atomic E-state index is 13.0. The lowest BCUT2D eigenvalue weighted by Gasteiger charge is -2.25. The second-order valence-corrected chi connectivity index (χ2v) is 8.69. The molecule has 14 heteroatoms. The number of hydrogen-bond donors (Lipinski definition) is 6. The van der Waals surface area contributed by atoms with Crippen LogP contribution < -0.4 is 32.3 Å². The van der Waals surface area contributed by atoms with Crippen molar-refractivity contribution in [3.63, 3.8) is 0 Å². The number of halogens is 1. The maximum Gasteiger partial charge on any atom is 0.312 e. The highest BCUT2D eigenvalue weighted by Crippen LogP contribution is 2.12. The third-order valence-electron chi connectivity index (χ3n) is 4.83. The predicted octanol–water partition coefficient (Wildman–Crippen LogP) is -0.481. The molecule has 2 atom stereocenters. The Labute approximate surface area is 218 Å². The molecule has 1 aromatic carbocycles. The minimum Gasteiger partial charge on any atom is -0.352 e. The molecule has 0 saturated heterocycles. The van der Waals surface area contributed by atoms with Gasteiger partial charge in [-0.1, -0.05) is 29.8 Å². The van der Waals surface area contributed by atoms with E-state index in [0.717, 1.165) is 0 Å². The topological polar surface area (TPSA) is 189 Å². The summed E-state index contributed by atoms with van der Waals surface area (Å²) in [7, 11) is 5.06. The highest BCUT2D eigenvalue weighted by molar-refractivity contribution is 9.09. The van der Waals surface area contributed by atoms with E-state index in [1.54, 1.807) is 26.0 Å². The fourth-order valence-corrected chi connectivity index (χ4v) is 3.14. The summed E-state index contributed by atoms with van der Waals surface area (Å²) in [6.45, 7) is 3.20. The van der Waals surface area contributed by atoms with E-state index in [1.807, 2.05) is 0 Å². The summed E-state index contributed by atoms with van der Waals surface area (Å²) in [6, 6.07) is 3.34. The molecule has 0 aliphatic carbocycles. The number of nitrogens with one attached hydrogen (secondary N) is 5. The fourth-order valence-electron chi connectivity index (χ4n) is 3.00. The summed E-state index contributed by atoms with van der Waals surface area (Å²) in [5.41, 5.74) is 5.03. The first kappa shape index (κ1) is 30.6. The van der Waals surface area contributed by atoms with Crippen LogP contribution in [0.25, 0.3) is 0 Å². The Morgan fingerprint density at radius 1 is 0.972 bits per heavy atom. The molecular formula is C22H30BBrN6O6. The molecule has 1 aromatic rings. The largest absolute Gasteiger partial charge is 0.352 e. The molecule has 36 heavy (non-hydrogen) atoms. The van der Waals surface area contributed by atoms with Crippen molar-refractivity contribution in [3.05, 3.63) is 29.8 Å². The van der Waals surface area contributed by atoms with Crippen molar-refractivity contribution in [2.24, 2.45) is 11.7 Å². The van der Waals surface area contributed by atoms with Gasteiger partial charge in [0.25, 0.3) is 5.91 Å². The summed E-state index contributed by atoms with van der Waals surface area (Å²) in [5, 5.41) is 12.7. The number of rotatable bonds is 14. The van der Waals surface area contributed by atoms with E-state index in [1.165, 1.54) is 12.1 Å². The second-order valence-electron chi connectivity index (χ2n) is 8.13. The Balaban J connectivity index is 2.89. The minimum atomic E-state index is -1.05. The predicted molar refractivity (Wildman–Crippen MR) is 137 cm³/mol. The Kier molecular flexibility index (Phi) is 13.2. The quantitative estimate of drug-likeness (QED) is 0.100. The zero-order valence-corrected chi connectivity index (χ0v) is 21.6. The maximum absolute atomic E-state index is 13.0. The van der Waals surface area contributed by atoms with E-state index in [9.17, 15) is 28.8 Å². The van der Waals surface area contributed by atoms with Crippen LogP contribution in [0.5, 0.6) is 0 Å². The standard InChI is InChI=1S/C22H30BBrN6O6/c1-12(2)18(30-19(33)13-5-7-14(8-6-13)28-17(32)10-24)21(35)29-15(4-3-9-26-22(25)36)20(34)27-11-16(23)31/h5-8,12,15,18H,3-4,9-11H2,1-2H3,(H,27,34)(H,28,32)(H,29,35)(H,30,33)(H3,25,26,36)/t15-,18?/m0/s1. The monoisotopic (exact) mass is 564 g/mol. The van der Waals surface area contributed by atoms with Gasteiger partial charge in [0, 0.05) is 17.8 Å². The highest BCUT2D eigenvalue weighted by atomic mass is 79.9. The van der Waals surface area contributed by atoms with Crippen LogP contribution in [0.3, 0.4) is 0 Å². The van der Waals surface area contributed by atoms with E-state index in [4.69, 9.17) is 13.6 Å². The van der Waals surface area contributed by atoms with E-state index < -0.39 is 48.1 Å². The van der Waals surface area contributed by atoms with Gasteiger partial charge in [0.05, 0.1) is 17.6 Å². The van der Waals surface area contributed by atoms with Gasteiger partial charge < -0.3 is 37.1 Å². The Morgan fingerprint density at radius 3 is 2.14 bits per heavy atom. The lowest BCUT2D eigenvalue weighted by molar-refractivity contribution is -0.131. The van der Waals surface area contributed by atoms with Gasteiger partial charge in [0.2, 0.25) is 17.7 Å². The van der Waals surface area contributed by atoms with Crippen molar-refractivity contribution in [2.45, 2.75) is 38.8 Å². The number of carbonyl (C=O) groups is 6. The summed E-state index contributed by atoms with van der Waals surface area (Å²) >= 11 is 3.05. The van der Waals surface area contributed by atoms with E-state index in [-0.39, 0.29) is 35.7 Å². The van der Waals surface area contributed by atoms with E-state index in [0.29, 0.717) is 12.1 Å². The first-order valence-electron chi connectivity index (χ1n) is 11.1. The zero-order valence-electron chi connectivity index (χ0n) is 20.1. The molecule has 0 aliphatic heterocycles. The lowest BCUT2D eigenvalue weighted by Crippen LogP contribution is -2.55. The summed E-state index contributed by atoms with van der Waals surface area (Å²) in [4.78, 5) is 71.6. The minimum absolute atomic E-state index is 0.122. The smallest absolute Gasteiger partial charge is 0.312 e. The van der Waals surface area contributed by atoms with Crippen molar-refractivity contribution in [2.75, 3.05) is 23.7 Å². The Hall–Kier alpha value is -3.42. The van der Waals surface area contributed by atoms with Crippen LogP contribution >= 0.6 is 15.9 Å². The van der Waals surface area contributed by atoms with E-state index in [2.05, 4.69) is 42.5 Å². The van der Waals surface area contributed by atoms with Crippen LogP contribution in [-0.2, 0) is 19.2 Å². The molecule has 0 aliphatic rings. The molecule has 194 valence electrons. The average molecular weight is 565 g/mol. The molecule has 0 bridgehead atoms. The van der Waals surface area contributed by atoms with Gasteiger partial charge in [-0.25, -0.2) is 4.79 Å². The SMILES string of the molecule is [B]C(=O)CNC(=O)[C@H](CCCNC(N)=O)NC(=O)C(NC(=O)c1ccc(NC(=O)CBr)cc1)C(C)C. The van der Waals surface area contributed by atoms with Gasteiger partial charge >= 0.3 is 6.03 Å². The molecule has 2 radical (unpaired) electrons. The fraction of sp³-hybridized carbons (Fsp3) is 0.455. The molecular weight excluding hydrogens is 535 g/mol. The number of anilines is 1. The normalized spacial score (nSPS) is 12.1. The number of amides is 6. The van der Waals surface area contributed by atoms with Crippen molar-refractivity contribution in [3.8, 4) is 0 Å². The van der Waals surface area contributed by atoms with Crippen LogP contribution in [0.4, 0.5) is 10.5 Å². The third kappa shape index (κ3) is 11.3. The van der Waals surface area contributed by atoms with Crippen molar-refractivity contribution < 1.29 is 28.8 Å². The number of benzene rings is 1. The van der Waals surface area contributed by atoms with Gasteiger partial charge in [0.1, 0.15) is 12.1 Å². The van der Waals surface area contributed by atoms with Crippen molar-refractivity contribution in [1.29, 1.82) is 0 Å². The molecule has 0 saturated carbocycles. The first-order chi connectivity index (χ1) is 16.9. The summed E-state index contributed by atoms with van der Waals surface area (Å²) in [5.74, 6) is -2.36. The van der Waals surface area contributed by atoms with Crippen LogP contribution in [0.2, 0.25) is 0 Å². The van der Waals surface area contributed by atoms with Crippen LogP contribution in [-0.4, -0.2) is 73.7 Å². The number of primary amides is 1. The number of urea groups is 1. The number of alkyl halides is 1.